The van der Waals surface area contributed by atoms with E-state index >= 15 is 0 Å². The lowest BCUT2D eigenvalue weighted by Crippen LogP contribution is -2.40. The predicted molar refractivity (Wildman–Crippen MR) is 108 cm³/mol. The van der Waals surface area contributed by atoms with Gasteiger partial charge in [-0.2, -0.15) is 5.26 Å². The Labute approximate surface area is 165 Å². The van der Waals surface area contributed by atoms with Gasteiger partial charge in [0.15, 0.2) is 0 Å². The van der Waals surface area contributed by atoms with Gasteiger partial charge in [0.2, 0.25) is 15.7 Å². The number of nitriles is 1. The van der Waals surface area contributed by atoms with E-state index in [1.165, 1.54) is 12.1 Å². The minimum Gasteiger partial charge on any atom is -0.344 e. The van der Waals surface area contributed by atoms with Crippen molar-refractivity contribution < 1.29 is 13.2 Å². The third kappa shape index (κ3) is 5.33. The number of carbonyl (C=O) groups is 1. The largest absolute Gasteiger partial charge is 0.344 e. The standard InChI is InChI=1S/C22H20N2O3S/c1-22(2,21(25)24-16-6-10-18-8-4-3-5-9-18)19-11-13-20(14-12-19)28(26,27)17-7-15-23/h3-5,7-9,11-14,17H,16H2,1-2H3,(H,24,25). The average molecular weight is 392 g/mol. The Balaban J connectivity index is 2.07. The number of allylic oxidation sites excluding steroid dienone is 1. The van der Waals surface area contributed by atoms with Crippen LogP contribution in [0.5, 0.6) is 0 Å². The van der Waals surface area contributed by atoms with E-state index in [2.05, 4.69) is 17.2 Å². The van der Waals surface area contributed by atoms with Crippen LogP contribution in [0.1, 0.15) is 25.0 Å². The first-order chi connectivity index (χ1) is 13.3. The Kier molecular flexibility index (Phi) is 6.76. The van der Waals surface area contributed by atoms with Gasteiger partial charge in [-0.1, -0.05) is 42.2 Å². The van der Waals surface area contributed by atoms with E-state index in [4.69, 9.17) is 5.26 Å². The normalized spacial score (nSPS) is 11.3. The van der Waals surface area contributed by atoms with E-state index < -0.39 is 15.3 Å². The van der Waals surface area contributed by atoms with Gasteiger partial charge in [-0.3, -0.25) is 4.79 Å². The fourth-order valence-corrected chi connectivity index (χ4v) is 3.32. The van der Waals surface area contributed by atoms with Crippen molar-refractivity contribution in [1.82, 2.24) is 5.32 Å². The molecule has 142 valence electrons. The number of amides is 1. The molecule has 0 fully saturated rings. The number of nitrogens with one attached hydrogen (secondary N) is 1. The number of nitrogens with zero attached hydrogens (tertiary/aromatic N) is 1. The van der Waals surface area contributed by atoms with E-state index in [1.807, 2.05) is 30.3 Å². The molecule has 0 saturated carbocycles. The van der Waals surface area contributed by atoms with Crippen molar-refractivity contribution in [2.24, 2.45) is 0 Å². The highest BCUT2D eigenvalue weighted by molar-refractivity contribution is 7.94. The molecule has 0 spiro atoms. The Morgan fingerprint density at radius 1 is 1.11 bits per heavy atom. The van der Waals surface area contributed by atoms with Crippen LogP contribution in [0.2, 0.25) is 0 Å². The van der Waals surface area contributed by atoms with Crippen molar-refractivity contribution >= 4 is 15.7 Å². The van der Waals surface area contributed by atoms with Crippen LogP contribution in [0.4, 0.5) is 0 Å². The van der Waals surface area contributed by atoms with Crippen LogP contribution in [0.25, 0.3) is 0 Å². The number of carbonyl (C=O) groups excluding carboxylic acids is 1. The monoisotopic (exact) mass is 392 g/mol. The van der Waals surface area contributed by atoms with E-state index in [1.54, 1.807) is 32.0 Å². The van der Waals surface area contributed by atoms with Crippen LogP contribution in [0.3, 0.4) is 0 Å². The molecule has 0 bridgehead atoms. The summed E-state index contributed by atoms with van der Waals surface area (Å²) in [6, 6.07) is 17.2. The average Bonchev–Trinajstić information content (AvgIpc) is 2.70. The van der Waals surface area contributed by atoms with E-state index in [-0.39, 0.29) is 17.3 Å². The number of rotatable bonds is 5. The Morgan fingerprint density at radius 2 is 1.75 bits per heavy atom. The second-order valence-electron chi connectivity index (χ2n) is 6.48. The molecule has 0 unspecified atom stereocenters. The fourth-order valence-electron chi connectivity index (χ4n) is 2.40. The summed E-state index contributed by atoms with van der Waals surface area (Å²) in [5, 5.41) is 12.1. The zero-order valence-corrected chi connectivity index (χ0v) is 16.5. The van der Waals surface area contributed by atoms with E-state index in [0.29, 0.717) is 5.56 Å². The zero-order chi connectivity index (χ0) is 20.6. The minimum atomic E-state index is -3.67. The highest BCUT2D eigenvalue weighted by atomic mass is 32.2. The molecule has 2 rings (SSSR count). The maximum Gasteiger partial charge on any atom is 0.230 e. The maximum absolute atomic E-state index is 12.6. The summed E-state index contributed by atoms with van der Waals surface area (Å²) >= 11 is 0. The second-order valence-corrected chi connectivity index (χ2v) is 8.31. The lowest BCUT2D eigenvalue weighted by molar-refractivity contribution is -0.125. The van der Waals surface area contributed by atoms with Crippen LogP contribution in [-0.4, -0.2) is 20.9 Å². The number of sulfone groups is 1. The first kappa shape index (κ1) is 21.0. The van der Waals surface area contributed by atoms with Crippen molar-refractivity contribution in [1.29, 1.82) is 5.26 Å². The van der Waals surface area contributed by atoms with Gasteiger partial charge < -0.3 is 5.32 Å². The van der Waals surface area contributed by atoms with Gasteiger partial charge in [-0.25, -0.2) is 8.42 Å². The summed E-state index contributed by atoms with van der Waals surface area (Å²) in [6.45, 7) is 3.72. The van der Waals surface area contributed by atoms with Crippen molar-refractivity contribution in [3.63, 3.8) is 0 Å². The third-order valence-electron chi connectivity index (χ3n) is 4.14. The molecule has 1 N–H and O–H groups in total. The van der Waals surface area contributed by atoms with Crippen molar-refractivity contribution in [2.75, 3.05) is 6.54 Å². The van der Waals surface area contributed by atoms with Gasteiger partial charge >= 0.3 is 0 Å². The summed E-state index contributed by atoms with van der Waals surface area (Å²) in [5.41, 5.74) is 0.682. The number of hydrogen-bond acceptors (Lipinski definition) is 4. The SMILES string of the molecule is CC(C)(C(=O)NCC#Cc1ccccc1)c1ccc(S(=O)(=O)C=CC#N)cc1. The predicted octanol–water partition coefficient (Wildman–Crippen LogP) is 2.94. The van der Waals surface area contributed by atoms with Crippen molar-refractivity contribution in [3.8, 4) is 17.9 Å². The molecule has 0 atom stereocenters. The summed E-state index contributed by atoms with van der Waals surface area (Å²) < 4.78 is 24.1. The van der Waals surface area contributed by atoms with Crippen molar-refractivity contribution in [2.45, 2.75) is 24.2 Å². The number of benzene rings is 2. The van der Waals surface area contributed by atoms with E-state index in [0.717, 1.165) is 17.0 Å². The molecule has 0 aromatic heterocycles. The van der Waals surface area contributed by atoms with Crippen LogP contribution in [0.15, 0.2) is 71.0 Å². The fraction of sp³-hybridized carbons (Fsp3) is 0.182. The quantitative estimate of drug-likeness (QED) is 0.626. The lowest BCUT2D eigenvalue weighted by Gasteiger charge is -2.23. The molecule has 0 radical (unpaired) electrons. The molecule has 1 amide bonds. The molecule has 0 aliphatic heterocycles. The second kappa shape index (κ2) is 9.03. The smallest absolute Gasteiger partial charge is 0.230 e. The van der Waals surface area contributed by atoms with Gasteiger partial charge in [0, 0.05) is 17.0 Å². The highest BCUT2D eigenvalue weighted by Gasteiger charge is 2.29. The molecule has 5 nitrogen and oxygen atoms in total. The molecule has 0 saturated heterocycles. The molecule has 0 aliphatic rings. The molecule has 0 aliphatic carbocycles. The Bertz CT molecular complexity index is 1070. The highest BCUT2D eigenvalue weighted by Crippen LogP contribution is 2.25. The zero-order valence-electron chi connectivity index (χ0n) is 15.6. The van der Waals surface area contributed by atoms with Gasteiger partial charge in [0.05, 0.1) is 22.9 Å². The number of hydrogen-bond donors (Lipinski definition) is 1. The minimum absolute atomic E-state index is 0.0627. The van der Waals surface area contributed by atoms with Gasteiger partial charge in [0.25, 0.3) is 0 Å². The lowest BCUT2D eigenvalue weighted by atomic mass is 9.84. The van der Waals surface area contributed by atoms with Crippen LogP contribution >= 0.6 is 0 Å². The third-order valence-corrected chi connectivity index (χ3v) is 5.56. The summed E-state index contributed by atoms with van der Waals surface area (Å²) in [5.74, 6) is 5.67. The molecule has 0 heterocycles. The van der Waals surface area contributed by atoms with Crippen molar-refractivity contribution in [3.05, 3.63) is 77.2 Å². The molecule has 2 aromatic carbocycles. The maximum atomic E-state index is 12.6. The summed E-state index contributed by atoms with van der Waals surface area (Å²) in [6.07, 6.45) is 0.914. The van der Waals surface area contributed by atoms with Crippen LogP contribution in [0, 0.1) is 23.2 Å². The molecular formula is C22H20N2O3S. The Morgan fingerprint density at radius 3 is 2.36 bits per heavy atom. The summed E-state index contributed by atoms with van der Waals surface area (Å²) in [4.78, 5) is 12.6. The van der Waals surface area contributed by atoms with Gasteiger partial charge in [0.1, 0.15) is 0 Å². The Hall–Kier alpha value is -3.35. The van der Waals surface area contributed by atoms with Crippen LogP contribution in [-0.2, 0) is 20.0 Å². The molecular weight excluding hydrogens is 372 g/mol. The van der Waals surface area contributed by atoms with Crippen LogP contribution < -0.4 is 5.32 Å². The van der Waals surface area contributed by atoms with Gasteiger partial charge in [-0.15, -0.1) is 0 Å². The first-order valence-electron chi connectivity index (χ1n) is 8.51. The molecule has 2 aromatic rings. The van der Waals surface area contributed by atoms with Gasteiger partial charge in [-0.05, 0) is 43.7 Å². The van der Waals surface area contributed by atoms with E-state index in [9.17, 15) is 13.2 Å². The topological polar surface area (TPSA) is 87.0 Å². The molecule has 28 heavy (non-hydrogen) atoms. The first-order valence-corrected chi connectivity index (χ1v) is 10.1. The summed E-state index contributed by atoms with van der Waals surface area (Å²) in [7, 11) is -3.67. The molecule has 6 heteroatoms.